The van der Waals surface area contributed by atoms with Crippen LogP contribution in [0.5, 0.6) is 0 Å². The van der Waals surface area contributed by atoms with Crippen molar-refractivity contribution in [2.75, 3.05) is 6.61 Å². The summed E-state index contributed by atoms with van der Waals surface area (Å²) < 4.78 is 5.11. The van der Waals surface area contributed by atoms with Crippen molar-refractivity contribution in [3.8, 4) is 0 Å². The molecule has 0 unspecified atom stereocenters. The molecule has 0 aliphatic heterocycles. The molecule has 0 N–H and O–H groups in total. The van der Waals surface area contributed by atoms with E-state index in [1.54, 1.807) is 0 Å². The first-order chi connectivity index (χ1) is 6.92. The molecular formula is C13H20O2. The van der Waals surface area contributed by atoms with Crippen molar-refractivity contribution in [2.24, 2.45) is 16.7 Å². The fraction of sp³-hybridized carbons (Fsp3) is 0.769. The number of allylic oxidation sites excluding steroid dienone is 1. The second-order valence-electron chi connectivity index (χ2n) is 5.55. The van der Waals surface area contributed by atoms with Crippen molar-refractivity contribution in [3.63, 3.8) is 0 Å². The number of carbonyl (C=O) groups excluding carboxylic acids is 1. The maximum atomic E-state index is 11.8. The smallest absolute Gasteiger partial charge is 0.333 e. The van der Waals surface area contributed by atoms with Gasteiger partial charge >= 0.3 is 5.97 Å². The predicted octanol–water partition coefficient (Wildman–Crippen LogP) is 2.93. The van der Waals surface area contributed by atoms with E-state index in [0.717, 1.165) is 12.0 Å². The van der Waals surface area contributed by atoms with E-state index < -0.39 is 0 Å². The Hall–Kier alpha value is -0.790. The molecule has 2 heteroatoms. The summed E-state index contributed by atoms with van der Waals surface area (Å²) in [5.74, 6) is 0.306. The van der Waals surface area contributed by atoms with Gasteiger partial charge in [0.25, 0.3) is 0 Å². The Morgan fingerprint density at radius 1 is 1.53 bits per heavy atom. The number of fused-ring (bicyclic) bond motifs is 2. The highest BCUT2D eigenvalue weighted by Crippen LogP contribution is 2.64. The molecule has 0 aromatic rings. The quantitative estimate of drug-likeness (QED) is 0.652. The van der Waals surface area contributed by atoms with E-state index in [1.807, 2.05) is 6.92 Å². The van der Waals surface area contributed by atoms with Crippen molar-refractivity contribution in [1.82, 2.24) is 0 Å². The second-order valence-corrected chi connectivity index (χ2v) is 5.55. The number of carbonyl (C=O) groups is 1. The first kappa shape index (κ1) is 10.7. The van der Waals surface area contributed by atoms with Gasteiger partial charge in [-0.1, -0.05) is 26.8 Å². The molecule has 0 heterocycles. The predicted molar refractivity (Wildman–Crippen MR) is 59.3 cm³/mol. The Labute approximate surface area is 91.7 Å². The zero-order valence-electron chi connectivity index (χ0n) is 10.1. The van der Waals surface area contributed by atoms with Crippen molar-refractivity contribution in [1.29, 1.82) is 0 Å². The number of esters is 1. The molecule has 1 saturated carbocycles. The maximum Gasteiger partial charge on any atom is 0.333 e. The first-order valence-corrected chi connectivity index (χ1v) is 5.82. The molecule has 2 bridgehead atoms. The van der Waals surface area contributed by atoms with Crippen LogP contribution in [0.15, 0.2) is 11.6 Å². The van der Waals surface area contributed by atoms with Gasteiger partial charge < -0.3 is 4.74 Å². The zero-order chi connectivity index (χ0) is 11.3. The topological polar surface area (TPSA) is 26.3 Å². The highest BCUT2D eigenvalue weighted by Gasteiger charge is 2.57. The maximum absolute atomic E-state index is 11.8. The second kappa shape index (κ2) is 3.10. The third kappa shape index (κ3) is 1.27. The highest BCUT2D eigenvalue weighted by molar-refractivity contribution is 5.90. The van der Waals surface area contributed by atoms with Crippen LogP contribution in [-0.2, 0) is 9.53 Å². The normalized spacial score (nSPS) is 36.5. The monoisotopic (exact) mass is 208 g/mol. The number of hydrogen-bond acceptors (Lipinski definition) is 2. The minimum atomic E-state index is -0.0981. The minimum Gasteiger partial charge on any atom is -0.463 e. The minimum absolute atomic E-state index is 0.0981. The van der Waals surface area contributed by atoms with Gasteiger partial charge in [-0.05, 0) is 36.5 Å². The van der Waals surface area contributed by atoms with Gasteiger partial charge in [-0.15, -0.1) is 0 Å². The van der Waals surface area contributed by atoms with Crippen LogP contribution in [0.1, 0.15) is 40.5 Å². The summed E-state index contributed by atoms with van der Waals surface area (Å²) >= 11 is 0. The molecule has 2 aliphatic rings. The Balaban J connectivity index is 2.29. The molecule has 1 fully saturated rings. The largest absolute Gasteiger partial charge is 0.463 e. The van der Waals surface area contributed by atoms with Crippen LogP contribution >= 0.6 is 0 Å². The van der Waals surface area contributed by atoms with Crippen LogP contribution in [-0.4, -0.2) is 12.6 Å². The van der Waals surface area contributed by atoms with E-state index in [1.165, 1.54) is 6.42 Å². The van der Waals surface area contributed by atoms with E-state index >= 15 is 0 Å². The lowest BCUT2D eigenvalue weighted by atomic mass is 9.70. The Morgan fingerprint density at radius 2 is 2.20 bits per heavy atom. The van der Waals surface area contributed by atoms with Gasteiger partial charge in [0.1, 0.15) is 0 Å². The molecule has 84 valence electrons. The van der Waals surface area contributed by atoms with Crippen LogP contribution in [0.3, 0.4) is 0 Å². The van der Waals surface area contributed by atoms with Crippen LogP contribution in [0, 0.1) is 16.7 Å². The van der Waals surface area contributed by atoms with Gasteiger partial charge in [-0.25, -0.2) is 4.79 Å². The molecule has 0 spiro atoms. The van der Waals surface area contributed by atoms with Crippen LogP contribution in [0.4, 0.5) is 0 Å². The van der Waals surface area contributed by atoms with E-state index in [9.17, 15) is 4.79 Å². The van der Waals surface area contributed by atoms with E-state index in [4.69, 9.17) is 4.74 Å². The molecule has 15 heavy (non-hydrogen) atoms. The molecule has 2 rings (SSSR count). The average Bonchev–Trinajstić information content (AvgIpc) is 2.49. The third-order valence-electron chi connectivity index (χ3n) is 4.66. The van der Waals surface area contributed by atoms with Crippen molar-refractivity contribution >= 4 is 5.97 Å². The Kier molecular flexibility index (Phi) is 2.21. The van der Waals surface area contributed by atoms with Gasteiger partial charge in [-0.3, -0.25) is 0 Å². The summed E-state index contributed by atoms with van der Waals surface area (Å²) in [6.45, 7) is 9.14. The number of rotatable bonds is 2. The molecule has 2 atom stereocenters. The summed E-state index contributed by atoms with van der Waals surface area (Å²) in [5, 5.41) is 0. The van der Waals surface area contributed by atoms with E-state index in [2.05, 4.69) is 26.8 Å². The Bertz CT molecular complexity index is 327. The van der Waals surface area contributed by atoms with Gasteiger partial charge in [0.05, 0.1) is 6.61 Å². The van der Waals surface area contributed by atoms with Crippen LogP contribution < -0.4 is 0 Å². The van der Waals surface area contributed by atoms with Gasteiger partial charge in [0.2, 0.25) is 0 Å². The van der Waals surface area contributed by atoms with Gasteiger partial charge in [-0.2, -0.15) is 0 Å². The lowest BCUT2D eigenvalue weighted by Crippen LogP contribution is -2.28. The summed E-state index contributed by atoms with van der Waals surface area (Å²) in [5.41, 5.74) is 1.34. The third-order valence-corrected chi connectivity index (χ3v) is 4.66. The first-order valence-electron chi connectivity index (χ1n) is 5.82. The van der Waals surface area contributed by atoms with Crippen molar-refractivity contribution < 1.29 is 9.53 Å². The summed E-state index contributed by atoms with van der Waals surface area (Å²) in [6, 6.07) is 0. The van der Waals surface area contributed by atoms with Gasteiger partial charge in [0, 0.05) is 5.57 Å². The lowest BCUT2D eigenvalue weighted by Gasteiger charge is -2.33. The zero-order valence-corrected chi connectivity index (χ0v) is 10.1. The van der Waals surface area contributed by atoms with Crippen LogP contribution in [0.25, 0.3) is 0 Å². The number of ether oxygens (including phenoxy) is 1. The molecule has 2 aliphatic carbocycles. The fourth-order valence-corrected chi connectivity index (χ4v) is 3.19. The highest BCUT2D eigenvalue weighted by atomic mass is 16.5. The molecule has 0 aromatic heterocycles. The fourth-order valence-electron chi connectivity index (χ4n) is 3.19. The van der Waals surface area contributed by atoms with Crippen molar-refractivity contribution in [2.45, 2.75) is 40.5 Å². The summed E-state index contributed by atoms with van der Waals surface area (Å²) in [4.78, 5) is 11.8. The molecule has 0 aromatic carbocycles. The van der Waals surface area contributed by atoms with Gasteiger partial charge in [0.15, 0.2) is 0 Å². The average molecular weight is 208 g/mol. The Morgan fingerprint density at radius 3 is 2.60 bits per heavy atom. The molecule has 0 amide bonds. The molecule has 0 saturated heterocycles. The van der Waals surface area contributed by atoms with Crippen molar-refractivity contribution in [3.05, 3.63) is 11.6 Å². The SMILES string of the molecule is CCOC(=O)C1=C[C@]2(C)CC[C@H]1C2(C)C. The standard InChI is InChI=1S/C13H20O2/c1-5-15-11(14)9-8-13(4)7-6-10(9)12(13,2)3/h8,10H,5-7H2,1-4H3/t10-,13+/m1/s1. The summed E-state index contributed by atoms with van der Waals surface area (Å²) in [6.07, 6.45) is 4.50. The molecular weight excluding hydrogens is 188 g/mol. The molecule has 0 radical (unpaired) electrons. The molecule has 2 nitrogen and oxygen atoms in total. The van der Waals surface area contributed by atoms with E-state index in [0.29, 0.717) is 12.5 Å². The number of hydrogen-bond donors (Lipinski definition) is 0. The summed E-state index contributed by atoms with van der Waals surface area (Å²) in [7, 11) is 0. The van der Waals surface area contributed by atoms with Crippen LogP contribution in [0.2, 0.25) is 0 Å². The lowest BCUT2D eigenvalue weighted by molar-refractivity contribution is -0.139. The van der Waals surface area contributed by atoms with E-state index in [-0.39, 0.29) is 16.8 Å².